The van der Waals surface area contributed by atoms with E-state index in [0.717, 1.165) is 33.2 Å². The molecule has 6 nitrogen and oxygen atoms in total. The van der Waals surface area contributed by atoms with Gasteiger partial charge in [-0.3, -0.25) is 4.79 Å². The lowest BCUT2D eigenvalue weighted by molar-refractivity contribution is -0.142. The molecule has 0 unspecified atom stereocenters. The average Bonchev–Trinajstić information content (AvgIpc) is 2.83. The number of hydrogen-bond donors (Lipinski definition) is 1. The molecule has 4 rings (SSSR count). The zero-order valence-corrected chi connectivity index (χ0v) is 19.4. The summed E-state index contributed by atoms with van der Waals surface area (Å²) in [7, 11) is 3.41. The van der Waals surface area contributed by atoms with Gasteiger partial charge in [-0.25, -0.2) is 9.97 Å². The van der Waals surface area contributed by atoms with Crippen molar-refractivity contribution in [3.63, 3.8) is 0 Å². The lowest BCUT2D eigenvalue weighted by atomic mass is 9.94. The molecule has 0 spiro atoms. The summed E-state index contributed by atoms with van der Waals surface area (Å²) in [5.74, 6) is 0.903. The number of fused-ring (bicyclic) bond motifs is 1. The predicted octanol–water partition coefficient (Wildman–Crippen LogP) is 5.77. The molecule has 0 aliphatic heterocycles. The van der Waals surface area contributed by atoms with E-state index in [4.69, 9.17) is 26.1 Å². The van der Waals surface area contributed by atoms with Crippen molar-refractivity contribution in [1.29, 1.82) is 0 Å². The average molecular weight is 462 g/mol. The Kier molecular flexibility index (Phi) is 6.75. The van der Waals surface area contributed by atoms with Crippen LogP contribution in [-0.4, -0.2) is 36.7 Å². The molecule has 168 valence electrons. The smallest absolute Gasteiger partial charge is 0.310 e. The second-order valence-electron chi connectivity index (χ2n) is 7.40. The van der Waals surface area contributed by atoms with Crippen molar-refractivity contribution < 1.29 is 14.3 Å². The van der Waals surface area contributed by atoms with Crippen LogP contribution in [0.1, 0.15) is 12.5 Å². The zero-order chi connectivity index (χ0) is 23.4. The van der Waals surface area contributed by atoms with Crippen LogP contribution in [-0.2, 0) is 16.0 Å². The van der Waals surface area contributed by atoms with Crippen molar-refractivity contribution in [2.75, 3.05) is 26.1 Å². The van der Waals surface area contributed by atoms with Gasteiger partial charge in [-0.2, -0.15) is 0 Å². The van der Waals surface area contributed by atoms with Crippen LogP contribution < -0.4 is 10.1 Å². The van der Waals surface area contributed by atoms with Gasteiger partial charge < -0.3 is 14.8 Å². The number of halogens is 1. The molecule has 0 aliphatic rings. The van der Waals surface area contributed by atoms with Gasteiger partial charge in [0.05, 0.1) is 20.1 Å². The summed E-state index contributed by atoms with van der Waals surface area (Å²) in [4.78, 5) is 20.9. The van der Waals surface area contributed by atoms with E-state index >= 15 is 0 Å². The summed E-state index contributed by atoms with van der Waals surface area (Å²) < 4.78 is 10.9. The van der Waals surface area contributed by atoms with Gasteiger partial charge in [0.15, 0.2) is 5.75 Å². The highest BCUT2D eigenvalue weighted by Crippen LogP contribution is 2.42. The predicted molar refractivity (Wildman–Crippen MR) is 132 cm³/mol. The number of hydrogen-bond acceptors (Lipinski definition) is 6. The number of methoxy groups -OCH3 is 1. The molecule has 0 atom stereocenters. The molecule has 0 bridgehead atoms. The van der Waals surface area contributed by atoms with Gasteiger partial charge in [-0.05, 0) is 47.4 Å². The molecule has 33 heavy (non-hydrogen) atoms. The Balaban J connectivity index is 1.89. The molecular weight excluding hydrogens is 438 g/mol. The minimum absolute atomic E-state index is 0.232. The number of carbonyl (C=O) groups excluding carboxylic acids is 1. The number of nitrogens with one attached hydrogen (secondary N) is 1. The number of anilines is 1. The minimum Gasteiger partial charge on any atom is -0.494 e. The third kappa shape index (κ3) is 4.76. The van der Waals surface area contributed by atoms with Gasteiger partial charge in [0.2, 0.25) is 5.95 Å². The quantitative estimate of drug-likeness (QED) is 0.352. The van der Waals surface area contributed by atoms with Crippen LogP contribution in [0.5, 0.6) is 5.75 Å². The SMILES string of the molecule is CCOC(=O)Cc1ccc(-c2cc(-c3cccc(Cl)c3)c3cnc(NC)nc3c2OC)cc1. The first-order chi connectivity index (χ1) is 16.0. The minimum atomic E-state index is -0.243. The summed E-state index contributed by atoms with van der Waals surface area (Å²) in [5, 5.41) is 4.50. The Hall–Kier alpha value is -3.64. The largest absolute Gasteiger partial charge is 0.494 e. The Labute approximate surface area is 197 Å². The van der Waals surface area contributed by atoms with Gasteiger partial charge in [-0.1, -0.05) is 48.0 Å². The molecule has 0 fully saturated rings. The fourth-order valence-corrected chi connectivity index (χ4v) is 3.97. The second kappa shape index (κ2) is 9.88. The van der Waals surface area contributed by atoms with Crippen LogP contribution >= 0.6 is 11.6 Å². The molecule has 0 saturated heterocycles. The lowest BCUT2D eigenvalue weighted by Crippen LogP contribution is -2.07. The molecule has 7 heteroatoms. The summed E-state index contributed by atoms with van der Waals surface area (Å²) in [6.07, 6.45) is 2.02. The first kappa shape index (κ1) is 22.6. The standard InChI is InChI=1S/C26H24ClN3O3/c1-4-33-23(31)12-16-8-10-17(11-9-16)21-14-20(18-6-5-7-19(27)13-18)22-15-29-26(28-2)30-24(22)25(21)32-3/h5-11,13-15H,4,12H2,1-3H3,(H,28,29,30). The first-order valence-electron chi connectivity index (χ1n) is 10.6. The van der Waals surface area contributed by atoms with Crippen LogP contribution in [0, 0.1) is 0 Å². The van der Waals surface area contributed by atoms with E-state index in [0.29, 0.717) is 28.8 Å². The maximum Gasteiger partial charge on any atom is 0.310 e. The van der Waals surface area contributed by atoms with Gasteiger partial charge >= 0.3 is 5.97 Å². The number of aromatic nitrogens is 2. The van der Waals surface area contributed by atoms with Crippen LogP contribution in [0.2, 0.25) is 5.02 Å². The number of esters is 1. The monoisotopic (exact) mass is 461 g/mol. The van der Waals surface area contributed by atoms with Crippen LogP contribution in [0.3, 0.4) is 0 Å². The third-order valence-corrected chi connectivity index (χ3v) is 5.54. The van der Waals surface area contributed by atoms with E-state index in [1.807, 2.05) is 48.5 Å². The highest BCUT2D eigenvalue weighted by molar-refractivity contribution is 6.31. The highest BCUT2D eigenvalue weighted by Gasteiger charge is 2.18. The fourth-order valence-electron chi connectivity index (χ4n) is 3.78. The molecule has 3 aromatic carbocycles. The Morgan fingerprint density at radius 2 is 1.85 bits per heavy atom. The number of benzene rings is 3. The van der Waals surface area contributed by atoms with Crippen LogP contribution in [0.25, 0.3) is 33.2 Å². The number of carbonyl (C=O) groups is 1. The maximum atomic E-state index is 11.8. The summed E-state index contributed by atoms with van der Waals surface area (Å²) >= 11 is 6.29. The molecule has 4 aromatic rings. The highest BCUT2D eigenvalue weighted by atomic mass is 35.5. The van der Waals surface area contributed by atoms with Crippen molar-refractivity contribution in [1.82, 2.24) is 9.97 Å². The molecular formula is C26H24ClN3O3. The normalized spacial score (nSPS) is 10.8. The van der Waals surface area contributed by atoms with Crippen molar-refractivity contribution in [2.24, 2.45) is 0 Å². The molecule has 1 N–H and O–H groups in total. The zero-order valence-electron chi connectivity index (χ0n) is 18.7. The fraction of sp³-hybridized carbons (Fsp3) is 0.192. The van der Waals surface area contributed by atoms with Crippen molar-refractivity contribution in [3.05, 3.63) is 71.4 Å². The molecule has 0 aliphatic carbocycles. The van der Waals surface area contributed by atoms with Crippen molar-refractivity contribution in [3.8, 4) is 28.0 Å². The van der Waals surface area contributed by atoms with Gasteiger partial charge in [0, 0.05) is 29.2 Å². The summed E-state index contributed by atoms with van der Waals surface area (Å²) in [6, 6.07) is 17.5. The summed E-state index contributed by atoms with van der Waals surface area (Å²) in [5.41, 5.74) is 5.29. The molecule has 0 radical (unpaired) electrons. The van der Waals surface area contributed by atoms with E-state index in [1.54, 1.807) is 27.3 Å². The van der Waals surface area contributed by atoms with E-state index in [9.17, 15) is 4.79 Å². The van der Waals surface area contributed by atoms with Crippen molar-refractivity contribution >= 4 is 34.4 Å². The third-order valence-electron chi connectivity index (χ3n) is 5.31. The van der Waals surface area contributed by atoms with E-state index in [-0.39, 0.29) is 12.4 Å². The molecule has 0 saturated carbocycles. The van der Waals surface area contributed by atoms with E-state index < -0.39 is 0 Å². The molecule has 1 heterocycles. The number of ether oxygens (including phenoxy) is 2. The summed E-state index contributed by atoms with van der Waals surface area (Å²) in [6.45, 7) is 2.17. The van der Waals surface area contributed by atoms with Gasteiger partial charge in [-0.15, -0.1) is 0 Å². The maximum absolute atomic E-state index is 11.8. The van der Waals surface area contributed by atoms with E-state index in [1.165, 1.54) is 0 Å². The lowest BCUT2D eigenvalue weighted by Gasteiger charge is -2.16. The van der Waals surface area contributed by atoms with Crippen molar-refractivity contribution in [2.45, 2.75) is 13.3 Å². The van der Waals surface area contributed by atoms with Crippen LogP contribution in [0.4, 0.5) is 5.95 Å². The van der Waals surface area contributed by atoms with Crippen LogP contribution in [0.15, 0.2) is 60.8 Å². The van der Waals surface area contributed by atoms with E-state index in [2.05, 4.69) is 16.4 Å². The Morgan fingerprint density at radius 1 is 1.06 bits per heavy atom. The molecule has 0 amide bonds. The Bertz CT molecular complexity index is 1310. The second-order valence-corrected chi connectivity index (χ2v) is 7.84. The first-order valence-corrected chi connectivity index (χ1v) is 11.0. The topological polar surface area (TPSA) is 73.3 Å². The number of rotatable bonds is 7. The number of nitrogens with zero attached hydrogens (tertiary/aromatic N) is 2. The van der Waals surface area contributed by atoms with Gasteiger partial charge in [0.25, 0.3) is 0 Å². The molecule has 1 aromatic heterocycles. The van der Waals surface area contributed by atoms with Gasteiger partial charge in [0.1, 0.15) is 5.52 Å². The Morgan fingerprint density at radius 3 is 2.52 bits per heavy atom.